The first-order chi connectivity index (χ1) is 14.9. The van der Waals surface area contributed by atoms with E-state index in [1.54, 1.807) is 30.3 Å². The van der Waals surface area contributed by atoms with Gasteiger partial charge >= 0.3 is 0 Å². The Morgan fingerprint density at radius 2 is 1.74 bits per heavy atom. The van der Waals surface area contributed by atoms with Gasteiger partial charge < -0.3 is 14.7 Å². The number of hydrogen-bond acceptors (Lipinski definition) is 6. The van der Waals surface area contributed by atoms with Crippen molar-refractivity contribution in [2.75, 3.05) is 13.2 Å². The van der Waals surface area contributed by atoms with Gasteiger partial charge in [-0.25, -0.2) is 0 Å². The Morgan fingerprint density at radius 3 is 2.29 bits per heavy atom. The van der Waals surface area contributed by atoms with E-state index in [4.69, 9.17) is 4.74 Å². The number of nitro groups is 1. The van der Waals surface area contributed by atoms with Crippen LogP contribution in [0.5, 0.6) is 5.75 Å². The normalized spacial score (nSPS) is 17.4. The topological polar surface area (TPSA) is 110 Å². The Bertz CT molecular complexity index is 1070. The number of benzene rings is 2. The summed E-state index contributed by atoms with van der Waals surface area (Å²) in [4.78, 5) is 37.1. The maximum Gasteiger partial charge on any atom is 0.295 e. The van der Waals surface area contributed by atoms with E-state index < -0.39 is 22.7 Å². The minimum Gasteiger partial charge on any atom is -0.507 e. The second-order valence-corrected chi connectivity index (χ2v) is 6.71. The standard InChI is InChI=1S/C23H20N2O6/c1-3-13-24-20(15-5-9-17(10-6-15)25(29)30)19(22(27)23(24)28)21(26)16-7-11-18(12-8-16)31-14-4-2/h3-12,20,26H,1-2,13-14H2/b21-19-. The summed E-state index contributed by atoms with van der Waals surface area (Å²) in [6, 6.07) is 11.0. The molecule has 2 aromatic carbocycles. The van der Waals surface area contributed by atoms with E-state index in [1.807, 2.05) is 0 Å². The van der Waals surface area contributed by atoms with Gasteiger partial charge in [0.25, 0.3) is 17.4 Å². The quantitative estimate of drug-likeness (QED) is 0.174. The maximum absolute atomic E-state index is 12.8. The fourth-order valence-corrected chi connectivity index (χ4v) is 3.35. The minimum atomic E-state index is -0.907. The van der Waals surface area contributed by atoms with E-state index in [9.17, 15) is 24.8 Å². The molecule has 1 heterocycles. The number of non-ortho nitro benzene ring substituents is 1. The number of hydrogen-bond donors (Lipinski definition) is 1. The summed E-state index contributed by atoms with van der Waals surface area (Å²) in [5, 5.41) is 21.9. The van der Waals surface area contributed by atoms with Crippen molar-refractivity contribution in [2.24, 2.45) is 0 Å². The Morgan fingerprint density at radius 1 is 1.10 bits per heavy atom. The zero-order valence-electron chi connectivity index (χ0n) is 16.6. The van der Waals surface area contributed by atoms with Crippen molar-refractivity contribution >= 4 is 23.1 Å². The third-order valence-electron chi connectivity index (χ3n) is 4.78. The predicted octanol–water partition coefficient (Wildman–Crippen LogP) is 3.77. The summed E-state index contributed by atoms with van der Waals surface area (Å²) in [5.41, 5.74) is 0.564. The molecule has 0 bridgehead atoms. The number of amides is 1. The van der Waals surface area contributed by atoms with Crippen LogP contribution in [0.2, 0.25) is 0 Å². The van der Waals surface area contributed by atoms with Crippen molar-refractivity contribution in [3.63, 3.8) is 0 Å². The van der Waals surface area contributed by atoms with Crippen LogP contribution in [0.3, 0.4) is 0 Å². The van der Waals surface area contributed by atoms with Gasteiger partial charge in [0.15, 0.2) is 0 Å². The summed E-state index contributed by atoms with van der Waals surface area (Å²) in [7, 11) is 0. The highest BCUT2D eigenvalue weighted by molar-refractivity contribution is 6.46. The minimum absolute atomic E-state index is 0.0668. The second kappa shape index (κ2) is 9.08. The van der Waals surface area contributed by atoms with E-state index in [2.05, 4.69) is 13.2 Å². The lowest BCUT2D eigenvalue weighted by Crippen LogP contribution is -2.29. The molecule has 1 fully saturated rings. The lowest BCUT2D eigenvalue weighted by Gasteiger charge is -2.24. The molecular weight excluding hydrogens is 400 g/mol. The SMILES string of the molecule is C=CCOc1ccc(/C(O)=C2/C(=O)C(=O)N(CC=C)C2c2ccc([N+](=O)[O-])cc2)cc1. The third-order valence-corrected chi connectivity index (χ3v) is 4.78. The number of nitrogens with zero attached hydrogens (tertiary/aromatic N) is 2. The number of Topliss-reactive ketones (excluding diaryl/α,β-unsaturated/α-hetero) is 1. The number of aliphatic hydroxyl groups excluding tert-OH is 1. The fourth-order valence-electron chi connectivity index (χ4n) is 3.35. The lowest BCUT2D eigenvalue weighted by molar-refractivity contribution is -0.384. The van der Waals surface area contributed by atoms with Crippen LogP contribution in [-0.4, -0.2) is 39.8 Å². The first kappa shape index (κ1) is 21.5. The van der Waals surface area contributed by atoms with Gasteiger partial charge in [0.2, 0.25) is 0 Å². The van der Waals surface area contributed by atoms with E-state index in [0.717, 1.165) is 0 Å². The van der Waals surface area contributed by atoms with E-state index in [0.29, 0.717) is 23.5 Å². The average molecular weight is 420 g/mol. The molecule has 0 radical (unpaired) electrons. The molecule has 2 aromatic rings. The van der Waals surface area contributed by atoms with Crippen molar-refractivity contribution in [3.8, 4) is 5.75 Å². The molecule has 1 saturated heterocycles. The van der Waals surface area contributed by atoms with Gasteiger partial charge in [-0.05, 0) is 42.0 Å². The second-order valence-electron chi connectivity index (χ2n) is 6.71. The monoisotopic (exact) mass is 420 g/mol. The van der Waals surface area contributed by atoms with Crippen LogP contribution >= 0.6 is 0 Å². The van der Waals surface area contributed by atoms with Crippen LogP contribution in [0.25, 0.3) is 5.76 Å². The van der Waals surface area contributed by atoms with E-state index >= 15 is 0 Å². The third kappa shape index (κ3) is 4.23. The van der Waals surface area contributed by atoms with Crippen LogP contribution in [0, 0.1) is 10.1 Å². The van der Waals surface area contributed by atoms with Gasteiger partial charge in [-0.1, -0.05) is 18.7 Å². The Kier molecular flexibility index (Phi) is 6.30. The van der Waals surface area contributed by atoms with Crippen molar-refractivity contribution in [1.29, 1.82) is 0 Å². The Labute approximate surface area is 178 Å². The number of nitro benzene ring substituents is 1. The molecule has 8 nitrogen and oxygen atoms in total. The van der Waals surface area contributed by atoms with Crippen molar-refractivity contribution in [2.45, 2.75) is 6.04 Å². The van der Waals surface area contributed by atoms with Crippen LogP contribution in [0.15, 0.2) is 79.4 Å². The van der Waals surface area contributed by atoms with Crippen molar-refractivity contribution in [3.05, 3.63) is 101 Å². The number of carbonyl (C=O) groups excluding carboxylic acids is 2. The number of ether oxygens (including phenoxy) is 1. The van der Waals surface area contributed by atoms with Crippen LogP contribution in [0.4, 0.5) is 5.69 Å². The highest BCUT2D eigenvalue weighted by atomic mass is 16.6. The summed E-state index contributed by atoms with van der Waals surface area (Å²) in [6.07, 6.45) is 3.06. The van der Waals surface area contributed by atoms with Gasteiger partial charge in [0.05, 0.1) is 16.5 Å². The molecule has 0 aliphatic carbocycles. The van der Waals surface area contributed by atoms with Gasteiger partial charge in [-0.15, -0.1) is 6.58 Å². The molecule has 8 heteroatoms. The Hall–Kier alpha value is -4.20. The van der Waals surface area contributed by atoms with Gasteiger partial charge in [-0.2, -0.15) is 0 Å². The molecule has 1 unspecified atom stereocenters. The molecule has 31 heavy (non-hydrogen) atoms. The van der Waals surface area contributed by atoms with Gasteiger partial charge in [-0.3, -0.25) is 19.7 Å². The predicted molar refractivity (Wildman–Crippen MR) is 114 cm³/mol. The largest absolute Gasteiger partial charge is 0.507 e. The number of rotatable bonds is 8. The highest BCUT2D eigenvalue weighted by Gasteiger charge is 2.45. The summed E-state index contributed by atoms with van der Waals surface area (Å²) in [5.74, 6) is -1.41. The number of aliphatic hydroxyl groups is 1. The van der Waals surface area contributed by atoms with Crippen LogP contribution in [-0.2, 0) is 9.59 Å². The average Bonchev–Trinajstić information content (AvgIpc) is 3.03. The molecule has 158 valence electrons. The maximum atomic E-state index is 12.8. The molecule has 0 spiro atoms. The fraction of sp³-hybridized carbons (Fsp3) is 0.130. The Balaban J connectivity index is 2.08. The van der Waals surface area contributed by atoms with Crippen molar-refractivity contribution in [1.82, 2.24) is 4.90 Å². The van der Waals surface area contributed by atoms with Gasteiger partial charge in [0, 0.05) is 24.2 Å². The summed E-state index contributed by atoms with van der Waals surface area (Å²) in [6.45, 7) is 7.57. The molecule has 1 amide bonds. The molecule has 1 N–H and O–H groups in total. The van der Waals surface area contributed by atoms with Crippen molar-refractivity contribution < 1.29 is 24.4 Å². The van der Waals surface area contributed by atoms with E-state index in [-0.39, 0.29) is 23.6 Å². The molecule has 1 atom stereocenters. The first-order valence-corrected chi connectivity index (χ1v) is 9.36. The molecule has 0 aromatic heterocycles. The number of ketones is 1. The molecule has 0 saturated carbocycles. The zero-order chi connectivity index (χ0) is 22.5. The number of likely N-dealkylation sites (tertiary alicyclic amines) is 1. The van der Waals surface area contributed by atoms with Gasteiger partial charge in [0.1, 0.15) is 18.1 Å². The summed E-state index contributed by atoms with van der Waals surface area (Å²) < 4.78 is 5.41. The first-order valence-electron chi connectivity index (χ1n) is 9.36. The van der Waals surface area contributed by atoms with E-state index in [1.165, 1.54) is 35.2 Å². The molecule has 1 aliphatic rings. The molecule has 1 aliphatic heterocycles. The number of carbonyl (C=O) groups is 2. The smallest absolute Gasteiger partial charge is 0.295 e. The zero-order valence-corrected chi connectivity index (χ0v) is 16.6. The molecule has 3 rings (SSSR count). The molecular formula is C23H20N2O6. The highest BCUT2D eigenvalue weighted by Crippen LogP contribution is 2.39. The van der Waals surface area contributed by atoms with Crippen LogP contribution in [0.1, 0.15) is 17.2 Å². The summed E-state index contributed by atoms with van der Waals surface area (Å²) >= 11 is 0. The lowest BCUT2D eigenvalue weighted by atomic mass is 9.95. The van der Waals surface area contributed by atoms with Crippen LogP contribution < -0.4 is 4.74 Å².